The van der Waals surface area contributed by atoms with Crippen LogP contribution in [0.1, 0.15) is 19.8 Å². The number of carbonyl (C=O) groups is 1. The molecule has 0 aliphatic rings. The first-order valence-corrected chi connectivity index (χ1v) is 6.68. The molecule has 0 fully saturated rings. The molecule has 0 aliphatic heterocycles. The Balaban J connectivity index is 2.16. The topological polar surface area (TPSA) is 72.9 Å². The van der Waals surface area contributed by atoms with E-state index in [2.05, 4.69) is 10.3 Å². The molecule has 0 radical (unpaired) electrons. The Morgan fingerprint density at radius 2 is 2.32 bits per heavy atom. The molecule has 0 aliphatic carbocycles. The molecule has 0 atom stereocenters. The number of amides is 1. The molecule has 0 unspecified atom stereocenters. The summed E-state index contributed by atoms with van der Waals surface area (Å²) in [6.07, 6.45) is 1.29. The monoisotopic (exact) mass is 280 g/mol. The maximum Gasteiger partial charge on any atom is 0.221 e. The van der Waals surface area contributed by atoms with Gasteiger partial charge in [0.15, 0.2) is 0 Å². The highest BCUT2D eigenvalue weighted by Crippen LogP contribution is 2.25. The average molecular weight is 281 g/mol. The lowest BCUT2D eigenvalue weighted by Gasteiger charge is -2.07. The summed E-state index contributed by atoms with van der Waals surface area (Å²) in [5.74, 6) is 0.390. The quantitative estimate of drug-likeness (QED) is 0.882. The van der Waals surface area contributed by atoms with E-state index in [9.17, 15) is 4.79 Å². The SMILES string of the molecule is CCCNC(=O)CCn1c(N)nc2cccc(Cl)c21. The van der Waals surface area contributed by atoms with Crippen LogP contribution in [-0.2, 0) is 11.3 Å². The molecule has 1 heterocycles. The molecule has 5 nitrogen and oxygen atoms in total. The summed E-state index contributed by atoms with van der Waals surface area (Å²) in [5, 5.41) is 3.42. The highest BCUT2D eigenvalue weighted by Gasteiger charge is 2.12. The van der Waals surface area contributed by atoms with E-state index >= 15 is 0 Å². The molecule has 1 aromatic carbocycles. The number of rotatable bonds is 5. The molecule has 2 aromatic rings. The number of hydrogen-bond acceptors (Lipinski definition) is 3. The van der Waals surface area contributed by atoms with Gasteiger partial charge in [0, 0.05) is 19.5 Å². The minimum atomic E-state index is 0.00940. The Kier molecular flexibility index (Phi) is 4.27. The van der Waals surface area contributed by atoms with Gasteiger partial charge in [-0.1, -0.05) is 24.6 Å². The van der Waals surface area contributed by atoms with E-state index in [1.54, 1.807) is 10.6 Å². The number of nitrogens with zero attached hydrogens (tertiary/aromatic N) is 2. The Labute approximate surface area is 116 Å². The number of nitrogen functional groups attached to an aromatic ring is 1. The summed E-state index contributed by atoms with van der Waals surface area (Å²) in [5.41, 5.74) is 7.40. The number of aryl methyl sites for hydroxylation is 1. The average Bonchev–Trinajstić information content (AvgIpc) is 2.71. The molecular weight excluding hydrogens is 264 g/mol. The first kappa shape index (κ1) is 13.7. The molecular formula is C13H17ClN4O. The van der Waals surface area contributed by atoms with Crippen molar-refractivity contribution < 1.29 is 4.79 Å². The number of hydrogen-bond donors (Lipinski definition) is 2. The first-order valence-electron chi connectivity index (χ1n) is 6.30. The summed E-state index contributed by atoms with van der Waals surface area (Å²) in [6.45, 7) is 3.18. The number of benzene rings is 1. The number of imidazole rings is 1. The van der Waals surface area contributed by atoms with Crippen LogP contribution in [0, 0.1) is 0 Å². The lowest BCUT2D eigenvalue weighted by Crippen LogP contribution is -2.25. The van der Waals surface area contributed by atoms with E-state index in [4.69, 9.17) is 17.3 Å². The van der Waals surface area contributed by atoms with Gasteiger partial charge in [-0.3, -0.25) is 4.79 Å². The van der Waals surface area contributed by atoms with E-state index in [1.807, 2.05) is 19.1 Å². The second kappa shape index (κ2) is 5.93. The van der Waals surface area contributed by atoms with Crippen molar-refractivity contribution in [3.05, 3.63) is 23.2 Å². The fraction of sp³-hybridized carbons (Fsp3) is 0.385. The standard InChI is InChI=1S/C13H17ClN4O/c1-2-7-16-11(19)6-8-18-12-9(14)4-3-5-10(12)17-13(18)15/h3-5H,2,6-8H2,1H3,(H2,15,17)(H,16,19). The third-order valence-electron chi connectivity index (χ3n) is 2.88. The van der Waals surface area contributed by atoms with E-state index < -0.39 is 0 Å². The van der Waals surface area contributed by atoms with Gasteiger partial charge in [-0.15, -0.1) is 0 Å². The molecule has 102 valence electrons. The van der Waals surface area contributed by atoms with Gasteiger partial charge in [0.25, 0.3) is 0 Å². The predicted octanol–water partition coefficient (Wildman–Crippen LogP) is 2.19. The van der Waals surface area contributed by atoms with Gasteiger partial charge in [0.1, 0.15) is 0 Å². The van der Waals surface area contributed by atoms with Crippen LogP contribution in [0.2, 0.25) is 5.02 Å². The highest BCUT2D eigenvalue weighted by molar-refractivity contribution is 6.35. The van der Waals surface area contributed by atoms with Gasteiger partial charge in [-0.2, -0.15) is 0 Å². The second-order valence-electron chi connectivity index (χ2n) is 4.33. The van der Waals surface area contributed by atoms with Gasteiger partial charge < -0.3 is 15.6 Å². The van der Waals surface area contributed by atoms with Gasteiger partial charge in [0.05, 0.1) is 16.1 Å². The van der Waals surface area contributed by atoms with Crippen LogP contribution < -0.4 is 11.1 Å². The molecule has 0 bridgehead atoms. The minimum Gasteiger partial charge on any atom is -0.369 e. The van der Waals surface area contributed by atoms with Gasteiger partial charge in [-0.05, 0) is 18.6 Å². The summed E-state index contributed by atoms with van der Waals surface area (Å²) in [6, 6.07) is 5.47. The maximum absolute atomic E-state index is 11.6. The van der Waals surface area contributed by atoms with Crippen molar-refractivity contribution in [1.82, 2.24) is 14.9 Å². The number of aromatic nitrogens is 2. The molecule has 19 heavy (non-hydrogen) atoms. The maximum atomic E-state index is 11.6. The number of fused-ring (bicyclic) bond motifs is 1. The fourth-order valence-electron chi connectivity index (χ4n) is 1.95. The zero-order valence-electron chi connectivity index (χ0n) is 10.8. The van der Waals surface area contributed by atoms with Gasteiger partial charge in [0.2, 0.25) is 11.9 Å². The fourth-order valence-corrected chi connectivity index (χ4v) is 2.22. The number of carbonyl (C=O) groups excluding carboxylic acids is 1. The largest absolute Gasteiger partial charge is 0.369 e. The molecule has 1 aromatic heterocycles. The Bertz CT molecular complexity index is 594. The zero-order valence-corrected chi connectivity index (χ0v) is 11.6. The van der Waals surface area contributed by atoms with Crippen LogP contribution in [0.3, 0.4) is 0 Å². The number of para-hydroxylation sites is 1. The molecule has 0 saturated carbocycles. The van der Waals surface area contributed by atoms with Crippen molar-refractivity contribution in [1.29, 1.82) is 0 Å². The minimum absolute atomic E-state index is 0.00940. The summed E-state index contributed by atoms with van der Waals surface area (Å²) in [4.78, 5) is 15.8. The van der Waals surface area contributed by atoms with Crippen molar-refractivity contribution in [2.45, 2.75) is 26.3 Å². The predicted molar refractivity (Wildman–Crippen MR) is 77.1 cm³/mol. The van der Waals surface area contributed by atoms with Crippen LogP contribution >= 0.6 is 11.6 Å². The highest BCUT2D eigenvalue weighted by atomic mass is 35.5. The number of nitrogens with two attached hydrogens (primary N) is 1. The molecule has 1 amide bonds. The lowest BCUT2D eigenvalue weighted by molar-refractivity contribution is -0.121. The third-order valence-corrected chi connectivity index (χ3v) is 3.19. The van der Waals surface area contributed by atoms with E-state index in [0.29, 0.717) is 30.5 Å². The van der Waals surface area contributed by atoms with Crippen LogP contribution in [0.15, 0.2) is 18.2 Å². The van der Waals surface area contributed by atoms with Crippen LogP contribution in [-0.4, -0.2) is 22.0 Å². The zero-order chi connectivity index (χ0) is 13.8. The molecule has 6 heteroatoms. The summed E-state index contributed by atoms with van der Waals surface area (Å²) < 4.78 is 1.78. The first-order chi connectivity index (χ1) is 9.13. The van der Waals surface area contributed by atoms with Crippen molar-refractivity contribution in [2.24, 2.45) is 0 Å². The van der Waals surface area contributed by atoms with Crippen molar-refractivity contribution >= 4 is 34.5 Å². The molecule has 3 N–H and O–H groups in total. The van der Waals surface area contributed by atoms with E-state index in [1.165, 1.54) is 0 Å². The smallest absolute Gasteiger partial charge is 0.221 e. The Morgan fingerprint density at radius 1 is 1.53 bits per heavy atom. The summed E-state index contributed by atoms with van der Waals surface area (Å²) >= 11 is 6.16. The molecule has 2 rings (SSSR count). The number of halogens is 1. The van der Waals surface area contributed by atoms with Crippen molar-refractivity contribution in [3.8, 4) is 0 Å². The van der Waals surface area contributed by atoms with Crippen LogP contribution in [0.25, 0.3) is 11.0 Å². The lowest BCUT2D eigenvalue weighted by atomic mass is 10.3. The van der Waals surface area contributed by atoms with Crippen molar-refractivity contribution in [3.63, 3.8) is 0 Å². The van der Waals surface area contributed by atoms with Crippen LogP contribution in [0.4, 0.5) is 5.95 Å². The number of anilines is 1. The van der Waals surface area contributed by atoms with Crippen LogP contribution in [0.5, 0.6) is 0 Å². The third kappa shape index (κ3) is 2.98. The van der Waals surface area contributed by atoms with E-state index in [-0.39, 0.29) is 5.91 Å². The molecule has 0 spiro atoms. The van der Waals surface area contributed by atoms with Crippen molar-refractivity contribution in [2.75, 3.05) is 12.3 Å². The normalized spacial score (nSPS) is 10.8. The van der Waals surface area contributed by atoms with Gasteiger partial charge in [-0.25, -0.2) is 4.98 Å². The van der Waals surface area contributed by atoms with E-state index in [0.717, 1.165) is 17.5 Å². The van der Waals surface area contributed by atoms with Gasteiger partial charge >= 0.3 is 0 Å². The Morgan fingerprint density at radius 3 is 3.05 bits per heavy atom. The summed E-state index contributed by atoms with van der Waals surface area (Å²) in [7, 11) is 0. The number of nitrogens with one attached hydrogen (secondary N) is 1. The molecule has 0 saturated heterocycles. The second-order valence-corrected chi connectivity index (χ2v) is 4.74. The Hall–Kier alpha value is -1.75.